The molecule has 7 nitrogen and oxygen atoms in total. The molecule has 1 N–H and O–H groups in total. The lowest BCUT2D eigenvalue weighted by Gasteiger charge is -2.34. The van der Waals surface area contributed by atoms with Gasteiger partial charge in [-0.2, -0.15) is 0 Å². The summed E-state index contributed by atoms with van der Waals surface area (Å²) in [5.74, 6) is 0.973. The molecule has 1 saturated heterocycles. The molecule has 1 fully saturated rings. The van der Waals surface area contributed by atoms with Crippen molar-refractivity contribution in [3.8, 4) is 5.75 Å². The summed E-state index contributed by atoms with van der Waals surface area (Å²) in [6.45, 7) is 10.8. The van der Waals surface area contributed by atoms with Gasteiger partial charge in [-0.3, -0.25) is 4.79 Å². The molecule has 27 heavy (non-hydrogen) atoms. The van der Waals surface area contributed by atoms with Crippen LogP contribution in [0.4, 0.5) is 11.6 Å². The molecule has 2 heterocycles. The van der Waals surface area contributed by atoms with Crippen molar-refractivity contribution in [1.29, 1.82) is 0 Å². The Labute approximate surface area is 160 Å². The van der Waals surface area contributed by atoms with Crippen LogP contribution in [0.15, 0.2) is 24.3 Å². The fourth-order valence-electron chi connectivity index (χ4n) is 3.18. The first-order valence-electron chi connectivity index (χ1n) is 9.29. The standard InChI is InChI=1S/C20H27N5O2/c1-5-24-8-10-25(11-9-24)20-21-15(3)13-17(23-20)19(26)22-16-12-14(2)6-7-18(16)27-4/h6-7,12-13H,5,8-11H2,1-4H3,(H,22,26). The highest BCUT2D eigenvalue weighted by Gasteiger charge is 2.20. The minimum absolute atomic E-state index is 0.266. The summed E-state index contributed by atoms with van der Waals surface area (Å²) in [5.41, 5.74) is 2.81. The zero-order chi connectivity index (χ0) is 19.4. The van der Waals surface area contributed by atoms with Crippen LogP contribution in [0.2, 0.25) is 0 Å². The number of ether oxygens (including phenoxy) is 1. The van der Waals surface area contributed by atoms with Crippen molar-refractivity contribution in [2.45, 2.75) is 20.8 Å². The molecule has 0 atom stereocenters. The second-order valence-corrected chi connectivity index (χ2v) is 6.77. The molecule has 0 spiro atoms. The number of nitrogens with zero attached hydrogens (tertiary/aromatic N) is 4. The number of aromatic nitrogens is 2. The molecule has 1 aliphatic heterocycles. The van der Waals surface area contributed by atoms with Crippen molar-refractivity contribution in [2.75, 3.05) is 50.1 Å². The summed E-state index contributed by atoms with van der Waals surface area (Å²) in [6, 6.07) is 7.38. The van der Waals surface area contributed by atoms with Gasteiger partial charge in [0.05, 0.1) is 12.8 Å². The van der Waals surface area contributed by atoms with Gasteiger partial charge in [0.2, 0.25) is 5.95 Å². The van der Waals surface area contributed by atoms with Crippen LogP contribution in [0.1, 0.15) is 28.7 Å². The van der Waals surface area contributed by atoms with Gasteiger partial charge in [0, 0.05) is 31.9 Å². The number of carbonyl (C=O) groups is 1. The third-order valence-corrected chi connectivity index (χ3v) is 4.78. The molecular formula is C20H27N5O2. The predicted octanol–water partition coefficient (Wildman–Crippen LogP) is 2.50. The van der Waals surface area contributed by atoms with Crippen molar-refractivity contribution < 1.29 is 9.53 Å². The molecule has 1 amide bonds. The first-order valence-corrected chi connectivity index (χ1v) is 9.29. The summed E-state index contributed by atoms with van der Waals surface area (Å²) in [5, 5.41) is 2.91. The number of likely N-dealkylation sites (N-methyl/N-ethyl adjacent to an activating group) is 1. The quantitative estimate of drug-likeness (QED) is 0.873. The lowest BCUT2D eigenvalue weighted by Crippen LogP contribution is -2.47. The van der Waals surface area contributed by atoms with E-state index >= 15 is 0 Å². The lowest BCUT2D eigenvalue weighted by molar-refractivity contribution is 0.102. The average molecular weight is 369 g/mol. The van der Waals surface area contributed by atoms with Gasteiger partial charge in [0.1, 0.15) is 11.4 Å². The van der Waals surface area contributed by atoms with E-state index in [-0.39, 0.29) is 5.91 Å². The van der Waals surface area contributed by atoms with Gasteiger partial charge in [-0.25, -0.2) is 9.97 Å². The summed E-state index contributed by atoms with van der Waals surface area (Å²) >= 11 is 0. The molecule has 1 aromatic heterocycles. The topological polar surface area (TPSA) is 70.6 Å². The Morgan fingerprint density at radius 2 is 1.89 bits per heavy atom. The lowest BCUT2D eigenvalue weighted by atomic mass is 10.2. The largest absolute Gasteiger partial charge is 0.495 e. The first-order chi connectivity index (χ1) is 13.0. The maximum Gasteiger partial charge on any atom is 0.274 e. The number of hydrogen-bond acceptors (Lipinski definition) is 6. The van der Waals surface area contributed by atoms with Crippen LogP contribution in [0.25, 0.3) is 0 Å². The van der Waals surface area contributed by atoms with Crippen molar-refractivity contribution in [3.05, 3.63) is 41.2 Å². The van der Waals surface area contributed by atoms with Crippen LogP contribution in [0, 0.1) is 13.8 Å². The Hall–Kier alpha value is -2.67. The van der Waals surface area contributed by atoms with E-state index in [1.165, 1.54) is 0 Å². The van der Waals surface area contributed by atoms with E-state index in [0.717, 1.165) is 44.0 Å². The average Bonchev–Trinajstić information content (AvgIpc) is 2.67. The van der Waals surface area contributed by atoms with Crippen molar-refractivity contribution in [2.24, 2.45) is 0 Å². The van der Waals surface area contributed by atoms with E-state index in [1.807, 2.05) is 32.0 Å². The van der Waals surface area contributed by atoms with Gasteiger partial charge in [0.15, 0.2) is 0 Å². The number of benzene rings is 1. The van der Waals surface area contributed by atoms with Gasteiger partial charge in [-0.05, 0) is 44.2 Å². The number of aryl methyl sites for hydroxylation is 2. The number of hydrogen-bond donors (Lipinski definition) is 1. The molecule has 0 bridgehead atoms. The summed E-state index contributed by atoms with van der Waals surface area (Å²) in [4.78, 5) is 26.4. The Morgan fingerprint density at radius 3 is 2.56 bits per heavy atom. The number of anilines is 2. The Morgan fingerprint density at radius 1 is 1.15 bits per heavy atom. The highest BCUT2D eigenvalue weighted by molar-refractivity contribution is 6.04. The van der Waals surface area contributed by atoms with Gasteiger partial charge in [0.25, 0.3) is 5.91 Å². The fraction of sp³-hybridized carbons (Fsp3) is 0.450. The van der Waals surface area contributed by atoms with Crippen LogP contribution < -0.4 is 15.0 Å². The number of rotatable bonds is 5. The van der Waals surface area contributed by atoms with E-state index in [4.69, 9.17) is 4.74 Å². The molecule has 7 heteroatoms. The summed E-state index contributed by atoms with van der Waals surface area (Å²) < 4.78 is 5.34. The van der Waals surface area contributed by atoms with E-state index in [1.54, 1.807) is 13.2 Å². The van der Waals surface area contributed by atoms with Crippen molar-refractivity contribution >= 4 is 17.5 Å². The zero-order valence-electron chi connectivity index (χ0n) is 16.5. The molecule has 1 aromatic carbocycles. The van der Waals surface area contributed by atoms with Crippen LogP contribution in [0.5, 0.6) is 5.75 Å². The van der Waals surface area contributed by atoms with Crippen LogP contribution >= 0.6 is 0 Å². The van der Waals surface area contributed by atoms with Crippen LogP contribution in [0.3, 0.4) is 0 Å². The van der Waals surface area contributed by atoms with Gasteiger partial charge < -0.3 is 19.9 Å². The first kappa shape index (κ1) is 19.1. The SMILES string of the molecule is CCN1CCN(c2nc(C)cc(C(=O)Nc3cc(C)ccc3OC)n2)CC1. The summed E-state index contributed by atoms with van der Waals surface area (Å²) in [6.07, 6.45) is 0. The highest BCUT2D eigenvalue weighted by Crippen LogP contribution is 2.26. The third-order valence-electron chi connectivity index (χ3n) is 4.78. The second-order valence-electron chi connectivity index (χ2n) is 6.77. The molecule has 0 radical (unpaired) electrons. The normalized spacial score (nSPS) is 14.9. The molecule has 0 aliphatic carbocycles. The van der Waals surface area contributed by atoms with Crippen LogP contribution in [-0.2, 0) is 0 Å². The minimum atomic E-state index is -0.266. The van der Waals surface area contributed by atoms with E-state index in [9.17, 15) is 4.79 Å². The fourth-order valence-corrected chi connectivity index (χ4v) is 3.18. The molecular weight excluding hydrogens is 342 g/mol. The van der Waals surface area contributed by atoms with E-state index < -0.39 is 0 Å². The van der Waals surface area contributed by atoms with Gasteiger partial charge in [-0.1, -0.05) is 13.0 Å². The van der Waals surface area contributed by atoms with Crippen molar-refractivity contribution in [3.63, 3.8) is 0 Å². The van der Waals surface area contributed by atoms with E-state index in [0.29, 0.717) is 23.1 Å². The van der Waals surface area contributed by atoms with Gasteiger partial charge in [-0.15, -0.1) is 0 Å². The Kier molecular flexibility index (Phi) is 5.91. The number of nitrogens with one attached hydrogen (secondary N) is 1. The number of amides is 1. The van der Waals surface area contributed by atoms with Gasteiger partial charge >= 0.3 is 0 Å². The maximum absolute atomic E-state index is 12.8. The molecule has 1 aliphatic rings. The summed E-state index contributed by atoms with van der Waals surface area (Å²) in [7, 11) is 1.59. The number of methoxy groups -OCH3 is 1. The minimum Gasteiger partial charge on any atom is -0.495 e. The van der Waals surface area contributed by atoms with Crippen molar-refractivity contribution in [1.82, 2.24) is 14.9 Å². The molecule has 3 rings (SSSR count). The number of piperazine rings is 1. The number of carbonyl (C=O) groups excluding carboxylic acids is 1. The molecule has 0 unspecified atom stereocenters. The highest BCUT2D eigenvalue weighted by atomic mass is 16.5. The second kappa shape index (κ2) is 8.35. The molecule has 2 aromatic rings. The Balaban J connectivity index is 1.80. The zero-order valence-corrected chi connectivity index (χ0v) is 16.5. The monoisotopic (exact) mass is 369 g/mol. The third kappa shape index (κ3) is 4.54. The Bertz CT molecular complexity index is 816. The predicted molar refractivity (Wildman–Crippen MR) is 107 cm³/mol. The molecule has 0 saturated carbocycles. The smallest absolute Gasteiger partial charge is 0.274 e. The van der Waals surface area contributed by atoms with E-state index in [2.05, 4.69) is 32.0 Å². The van der Waals surface area contributed by atoms with Crippen LogP contribution in [-0.4, -0.2) is 60.6 Å². The molecule has 144 valence electrons. The maximum atomic E-state index is 12.8.